The summed E-state index contributed by atoms with van der Waals surface area (Å²) in [4.78, 5) is 32.6. The maximum Gasteiger partial charge on any atom is 0.323 e. The van der Waals surface area contributed by atoms with Crippen LogP contribution in [-0.4, -0.2) is 29.0 Å². The van der Waals surface area contributed by atoms with E-state index in [2.05, 4.69) is 25.9 Å². The molecule has 3 amide bonds. The molecule has 36 heavy (non-hydrogen) atoms. The summed E-state index contributed by atoms with van der Waals surface area (Å²) in [6, 6.07) is 24.5. The van der Waals surface area contributed by atoms with Gasteiger partial charge in [0.15, 0.2) is 5.58 Å². The predicted octanol–water partition coefficient (Wildman–Crippen LogP) is 5.69. The van der Waals surface area contributed by atoms with E-state index in [1.54, 1.807) is 48.5 Å². The number of anilines is 2. The standard InChI is InChI=1S/C27H21N5O4/c1-28-25(33)23-16-21(14-15-29-23)35-20-12-10-19(11-13-20)31-27(34)30-18-8-6-17(7-9-18)26-32-22-4-2-3-5-24(22)36-26/h2-16H,1H3,(H,28,33)(H2,30,31,34). The maximum absolute atomic E-state index is 12.4. The minimum absolute atomic E-state index is 0.256. The lowest BCUT2D eigenvalue weighted by molar-refractivity contribution is 0.0958. The molecule has 2 aromatic heterocycles. The Balaban J connectivity index is 1.18. The van der Waals surface area contributed by atoms with Gasteiger partial charge in [0.1, 0.15) is 22.7 Å². The number of nitrogens with one attached hydrogen (secondary N) is 3. The first-order valence-electron chi connectivity index (χ1n) is 11.1. The van der Waals surface area contributed by atoms with Crippen molar-refractivity contribution in [1.82, 2.24) is 15.3 Å². The molecular formula is C27H21N5O4. The molecule has 178 valence electrons. The van der Waals surface area contributed by atoms with Crippen LogP contribution in [0.3, 0.4) is 0 Å². The topological polar surface area (TPSA) is 118 Å². The average Bonchev–Trinajstić information content (AvgIpc) is 3.34. The third kappa shape index (κ3) is 5.15. The van der Waals surface area contributed by atoms with E-state index in [-0.39, 0.29) is 17.6 Å². The highest BCUT2D eigenvalue weighted by molar-refractivity contribution is 5.99. The molecule has 2 heterocycles. The zero-order valence-electron chi connectivity index (χ0n) is 19.2. The first kappa shape index (κ1) is 22.6. The van der Waals surface area contributed by atoms with Crippen LogP contribution in [0.2, 0.25) is 0 Å². The number of urea groups is 1. The molecule has 0 radical (unpaired) electrons. The number of hydrogen-bond acceptors (Lipinski definition) is 6. The van der Waals surface area contributed by atoms with Crippen molar-refractivity contribution < 1.29 is 18.7 Å². The van der Waals surface area contributed by atoms with Crippen molar-refractivity contribution >= 4 is 34.4 Å². The average molecular weight is 479 g/mol. The van der Waals surface area contributed by atoms with Crippen molar-refractivity contribution in [3.63, 3.8) is 0 Å². The second kappa shape index (κ2) is 9.98. The minimum Gasteiger partial charge on any atom is -0.457 e. The predicted molar refractivity (Wildman–Crippen MR) is 136 cm³/mol. The zero-order chi connectivity index (χ0) is 24.9. The highest BCUT2D eigenvalue weighted by Crippen LogP contribution is 2.26. The fourth-order valence-electron chi connectivity index (χ4n) is 3.45. The van der Waals surface area contributed by atoms with Crippen LogP contribution < -0.4 is 20.7 Å². The molecule has 0 atom stereocenters. The van der Waals surface area contributed by atoms with Crippen LogP contribution in [0.15, 0.2) is 95.5 Å². The molecule has 0 aliphatic carbocycles. The number of oxazole rings is 1. The van der Waals surface area contributed by atoms with Crippen molar-refractivity contribution in [2.45, 2.75) is 0 Å². The Bertz CT molecular complexity index is 1500. The van der Waals surface area contributed by atoms with E-state index in [0.717, 1.165) is 16.7 Å². The summed E-state index contributed by atoms with van der Waals surface area (Å²) in [7, 11) is 1.54. The van der Waals surface area contributed by atoms with Crippen molar-refractivity contribution in [2.75, 3.05) is 17.7 Å². The second-order valence-electron chi connectivity index (χ2n) is 7.73. The van der Waals surface area contributed by atoms with Gasteiger partial charge in [-0.25, -0.2) is 9.78 Å². The molecule has 0 bridgehead atoms. The molecule has 9 nitrogen and oxygen atoms in total. The lowest BCUT2D eigenvalue weighted by Crippen LogP contribution is -2.19. The summed E-state index contributed by atoms with van der Waals surface area (Å²) < 4.78 is 11.6. The number of pyridine rings is 1. The third-order valence-electron chi connectivity index (χ3n) is 5.22. The van der Waals surface area contributed by atoms with Gasteiger partial charge in [-0.2, -0.15) is 0 Å². The van der Waals surface area contributed by atoms with Crippen LogP contribution in [0.4, 0.5) is 16.2 Å². The molecule has 9 heteroatoms. The molecular weight excluding hydrogens is 458 g/mol. The molecule has 0 unspecified atom stereocenters. The van der Waals surface area contributed by atoms with Gasteiger partial charge in [-0.3, -0.25) is 9.78 Å². The number of fused-ring (bicyclic) bond motifs is 1. The number of benzene rings is 3. The van der Waals surface area contributed by atoms with Crippen molar-refractivity contribution in [3.8, 4) is 23.0 Å². The Labute approximate surface area is 206 Å². The van der Waals surface area contributed by atoms with Gasteiger partial charge in [0.2, 0.25) is 5.89 Å². The van der Waals surface area contributed by atoms with Crippen LogP contribution in [0.5, 0.6) is 11.5 Å². The molecule has 0 fully saturated rings. The summed E-state index contributed by atoms with van der Waals surface area (Å²) >= 11 is 0. The molecule has 3 N–H and O–H groups in total. The van der Waals surface area contributed by atoms with Crippen molar-refractivity contribution in [3.05, 3.63) is 96.8 Å². The van der Waals surface area contributed by atoms with Gasteiger partial charge in [-0.1, -0.05) is 12.1 Å². The van der Waals surface area contributed by atoms with E-state index < -0.39 is 0 Å². The van der Waals surface area contributed by atoms with Crippen LogP contribution in [0.25, 0.3) is 22.6 Å². The number of carbonyl (C=O) groups excluding carboxylic acids is 2. The third-order valence-corrected chi connectivity index (χ3v) is 5.22. The Kier molecular flexibility index (Phi) is 6.27. The van der Waals surface area contributed by atoms with E-state index in [9.17, 15) is 9.59 Å². The van der Waals surface area contributed by atoms with E-state index in [0.29, 0.717) is 28.8 Å². The number of nitrogens with zero attached hydrogens (tertiary/aromatic N) is 2. The summed E-state index contributed by atoms with van der Waals surface area (Å²) in [5, 5.41) is 8.09. The molecule has 3 aromatic carbocycles. The van der Waals surface area contributed by atoms with Crippen molar-refractivity contribution in [1.29, 1.82) is 0 Å². The Morgan fingerprint density at radius 3 is 2.22 bits per heavy atom. The Morgan fingerprint density at radius 1 is 0.833 bits per heavy atom. The van der Waals surface area contributed by atoms with E-state index in [4.69, 9.17) is 9.15 Å². The highest BCUT2D eigenvalue weighted by atomic mass is 16.5. The minimum atomic E-state index is -0.386. The molecule has 0 spiro atoms. The number of amides is 3. The summed E-state index contributed by atoms with van der Waals surface area (Å²) in [5.74, 6) is 1.24. The maximum atomic E-state index is 12.4. The first-order valence-corrected chi connectivity index (χ1v) is 11.1. The largest absolute Gasteiger partial charge is 0.457 e. The van der Waals surface area contributed by atoms with Gasteiger partial charge >= 0.3 is 6.03 Å². The van der Waals surface area contributed by atoms with E-state index >= 15 is 0 Å². The van der Waals surface area contributed by atoms with Crippen LogP contribution in [0.1, 0.15) is 10.5 Å². The fourth-order valence-corrected chi connectivity index (χ4v) is 3.45. The smallest absolute Gasteiger partial charge is 0.323 e. The number of rotatable bonds is 6. The van der Waals surface area contributed by atoms with Crippen molar-refractivity contribution in [2.24, 2.45) is 0 Å². The molecule has 5 rings (SSSR count). The SMILES string of the molecule is CNC(=O)c1cc(Oc2ccc(NC(=O)Nc3ccc(-c4nc5ccccc5o4)cc3)cc2)ccn1. The van der Waals surface area contributed by atoms with Gasteiger partial charge in [0, 0.05) is 36.2 Å². The van der Waals surface area contributed by atoms with Crippen LogP contribution in [0, 0.1) is 0 Å². The lowest BCUT2D eigenvalue weighted by atomic mass is 10.2. The number of para-hydroxylation sites is 2. The van der Waals surface area contributed by atoms with Gasteiger partial charge < -0.3 is 25.1 Å². The van der Waals surface area contributed by atoms with Gasteiger partial charge in [0.25, 0.3) is 5.91 Å². The Hall–Kier alpha value is -5.18. The zero-order valence-corrected chi connectivity index (χ0v) is 19.2. The molecule has 0 aliphatic heterocycles. The van der Waals surface area contributed by atoms with Crippen LogP contribution >= 0.6 is 0 Å². The lowest BCUT2D eigenvalue weighted by Gasteiger charge is -2.10. The van der Waals surface area contributed by atoms with E-state index in [1.807, 2.05) is 36.4 Å². The normalized spacial score (nSPS) is 10.6. The Morgan fingerprint density at radius 2 is 1.53 bits per heavy atom. The molecule has 0 saturated heterocycles. The number of aromatic nitrogens is 2. The number of carbonyl (C=O) groups is 2. The quantitative estimate of drug-likeness (QED) is 0.288. The first-order chi connectivity index (χ1) is 17.6. The summed E-state index contributed by atoms with van der Waals surface area (Å²) in [6.45, 7) is 0. The number of ether oxygens (including phenoxy) is 1. The van der Waals surface area contributed by atoms with E-state index in [1.165, 1.54) is 13.2 Å². The second-order valence-corrected chi connectivity index (χ2v) is 7.73. The monoisotopic (exact) mass is 479 g/mol. The molecule has 0 saturated carbocycles. The summed E-state index contributed by atoms with van der Waals surface area (Å²) in [5.41, 5.74) is 3.79. The molecule has 5 aromatic rings. The van der Waals surface area contributed by atoms with Crippen LogP contribution in [-0.2, 0) is 0 Å². The summed E-state index contributed by atoms with van der Waals surface area (Å²) in [6.07, 6.45) is 1.50. The van der Waals surface area contributed by atoms with Gasteiger partial charge in [0.05, 0.1) is 0 Å². The van der Waals surface area contributed by atoms with Gasteiger partial charge in [-0.05, 0) is 66.7 Å². The highest BCUT2D eigenvalue weighted by Gasteiger charge is 2.10. The fraction of sp³-hybridized carbons (Fsp3) is 0.0370. The molecule has 0 aliphatic rings. The number of hydrogen-bond donors (Lipinski definition) is 3. The van der Waals surface area contributed by atoms with Gasteiger partial charge in [-0.15, -0.1) is 0 Å².